The second-order valence-electron chi connectivity index (χ2n) is 5.53. The minimum absolute atomic E-state index is 0.158. The van der Waals surface area contributed by atoms with Crippen molar-refractivity contribution in [3.8, 4) is 0 Å². The van der Waals surface area contributed by atoms with Crippen LogP contribution in [0.15, 0.2) is 16.5 Å². The predicted octanol–water partition coefficient (Wildman–Crippen LogP) is 3.06. The summed E-state index contributed by atoms with van der Waals surface area (Å²) in [6.45, 7) is 4.06. The van der Waals surface area contributed by atoms with Crippen molar-refractivity contribution >= 4 is 0 Å². The molecule has 100 valence electrons. The summed E-state index contributed by atoms with van der Waals surface area (Å²) in [6, 6.07) is 4.95. The Morgan fingerprint density at radius 3 is 2.89 bits per heavy atom. The second-order valence-corrected chi connectivity index (χ2v) is 5.53. The van der Waals surface area contributed by atoms with E-state index in [4.69, 9.17) is 9.15 Å². The molecule has 2 heterocycles. The Hall–Kier alpha value is -0.800. The average Bonchev–Trinajstić information content (AvgIpc) is 3.12. The monoisotopic (exact) mass is 249 g/mol. The first kappa shape index (κ1) is 12.2. The third kappa shape index (κ3) is 2.78. The quantitative estimate of drug-likeness (QED) is 0.871. The molecular weight excluding hydrogens is 226 g/mol. The third-order valence-corrected chi connectivity index (χ3v) is 4.00. The zero-order valence-corrected chi connectivity index (χ0v) is 11.2. The number of ether oxygens (including phenoxy) is 1. The Bertz CT molecular complexity index is 384. The molecule has 18 heavy (non-hydrogen) atoms. The molecule has 1 N–H and O–H groups in total. The maximum Gasteiger partial charge on any atom is 0.133 e. The minimum atomic E-state index is 0.158. The summed E-state index contributed by atoms with van der Waals surface area (Å²) in [5, 5.41) is 3.63. The molecule has 0 amide bonds. The van der Waals surface area contributed by atoms with Crippen molar-refractivity contribution in [3.05, 3.63) is 23.7 Å². The van der Waals surface area contributed by atoms with Crippen molar-refractivity contribution in [2.24, 2.45) is 5.92 Å². The molecule has 3 rings (SSSR count). The molecule has 2 fully saturated rings. The lowest BCUT2D eigenvalue weighted by atomic mass is 9.92. The molecule has 0 radical (unpaired) electrons. The van der Waals surface area contributed by atoms with Crippen LogP contribution in [0.5, 0.6) is 0 Å². The molecule has 1 aliphatic heterocycles. The van der Waals surface area contributed by atoms with Gasteiger partial charge in [0.15, 0.2) is 0 Å². The smallest absolute Gasteiger partial charge is 0.133 e. The van der Waals surface area contributed by atoms with Gasteiger partial charge >= 0.3 is 0 Å². The van der Waals surface area contributed by atoms with Gasteiger partial charge in [-0.3, -0.25) is 0 Å². The van der Waals surface area contributed by atoms with Gasteiger partial charge in [-0.2, -0.15) is 0 Å². The summed E-state index contributed by atoms with van der Waals surface area (Å²) in [4.78, 5) is 0. The van der Waals surface area contributed by atoms with E-state index >= 15 is 0 Å². The largest absolute Gasteiger partial charge is 0.463 e. The first-order valence-corrected chi connectivity index (χ1v) is 7.30. The first-order valence-electron chi connectivity index (χ1n) is 7.30. The Labute approximate surface area is 109 Å². The van der Waals surface area contributed by atoms with Gasteiger partial charge in [0.1, 0.15) is 17.6 Å². The Morgan fingerprint density at radius 2 is 2.17 bits per heavy atom. The highest BCUT2D eigenvalue weighted by atomic mass is 16.5. The van der Waals surface area contributed by atoms with Gasteiger partial charge in [0.25, 0.3) is 0 Å². The highest BCUT2D eigenvalue weighted by Crippen LogP contribution is 2.34. The molecule has 2 aliphatic rings. The van der Waals surface area contributed by atoms with E-state index in [-0.39, 0.29) is 6.10 Å². The van der Waals surface area contributed by atoms with E-state index in [0.717, 1.165) is 37.1 Å². The molecule has 0 spiro atoms. The van der Waals surface area contributed by atoms with Crippen LogP contribution in [0.2, 0.25) is 0 Å². The van der Waals surface area contributed by atoms with E-state index in [1.807, 2.05) is 0 Å². The summed E-state index contributed by atoms with van der Waals surface area (Å²) in [5.41, 5.74) is 0. The number of rotatable bonds is 5. The number of hydrogen-bond acceptors (Lipinski definition) is 3. The zero-order valence-electron chi connectivity index (χ0n) is 11.2. The highest BCUT2D eigenvalue weighted by molar-refractivity contribution is 5.11. The lowest BCUT2D eigenvalue weighted by Crippen LogP contribution is -2.32. The molecule has 0 bridgehead atoms. The number of aryl methyl sites for hydroxylation is 1. The Kier molecular flexibility index (Phi) is 3.71. The molecule has 2 unspecified atom stereocenters. The second kappa shape index (κ2) is 5.45. The van der Waals surface area contributed by atoms with Crippen LogP contribution in [0.25, 0.3) is 0 Å². The normalized spacial score (nSPS) is 28.5. The fourth-order valence-corrected chi connectivity index (χ4v) is 2.71. The van der Waals surface area contributed by atoms with Crippen molar-refractivity contribution in [3.63, 3.8) is 0 Å². The molecule has 1 aromatic rings. The molecule has 1 saturated carbocycles. The molecule has 3 nitrogen and oxygen atoms in total. The van der Waals surface area contributed by atoms with Crippen molar-refractivity contribution < 1.29 is 9.15 Å². The average molecular weight is 249 g/mol. The first-order chi connectivity index (χ1) is 8.86. The summed E-state index contributed by atoms with van der Waals surface area (Å²) in [7, 11) is 0. The molecule has 1 aliphatic carbocycles. The van der Waals surface area contributed by atoms with Crippen LogP contribution in [-0.4, -0.2) is 19.2 Å². The van der Waals surface area contributed by atoms with E-state index in [1.165, 1.54) is 25.7 Å². The predicted molar refractivity (Wildman–Crippen MR) is 70.5 cm³/mol. The van der Waals surface area contributed by atoms with Crippen molar-refractivity contribution in [1.82, 2.24) is 5.32 Å². The SMILES string of the molecule is CCc1ccc(C2OCCCC2CNC2CC2)o1. The van der Waals surface area contributed by atoms with Crippen LogP contribution < -0.4 is 5.32 Å². The van der Waals surface area contributed by atoms with Crippen LogP contribution in [0, 0.1) is 5.92 Å². The van der Waals surface area contributed by atoms with Gasteiger partial charge in [-0.05, 0) is 37.8 Å². The van der Waals surface area contributed by atoms with Gasteiger partial charge in [-0.1, -0.05) is 6.92 Å². The number of hydrogen-bond donors (Lipinski definition) is 1. The van der Waals surface area contributed by atoms with Gasteiger partial charge in [-0.15, -0.1) is 0 Å². The Morgan fingerprint density at radius 1 is 1.28 bits per heavy atom. The van der Waals surface area contributed by atoms with Gasteiger partial charge < -0.3 is 14.5 Å². The fraction of sp³-hybridized carbons (Fsp3) is 0.733. The van der Waals surface area contributed by atoms with Crippen LogP contribution in [0.3, 0.4) is 0 Å². The lowest BCUT2D eigenvalue weighted by Gasteiger charge is -2.30. The van der Waals surface area contributed by atoms with Crippen LogP contribution in [-0.2, 0) is 11.2 Å². The van der Waals surface area contributed by atoms with Gasteiger partial charge in [0.05, 0.1) is 0 Å². The van der Waals surface area contributed by atoms with Crippen LogP contribution in [0.1, 0.15) is 50.2 Å². The van der Waals surface area contributed by atoms with Gasteiger partial charge in [-0.25, -0.2) is 0 Å². The Balaban J connectivity index is 1.65. The molecule has 1 saturated heterocycles. The van der Waals surface area contributed by atoms with E-state index in [9.17, 15) is 0 Å². The minimum Gasteiger partial charge on any atom is -0.463 e. The van der Waals surface area contributed by atoms with Crippen molar-refractivity contribution in [2.45, 2.75) is 51.2 Å². The fourth-order valence-electron chi connectivity index (χ4n) is 2.71. The summed E-state index contributed by atoms with van der Waals surface area (Å²) >= 11 is 0. The van der Waals surface area contributed by atoms with Crippen LogP contribution in [0.4, 0.5) is 0 Å². The van der Waals surface area contributed by atoms with E-state index in [0.29, 0.717) is 5.92 Å². The zero-order chi connectivity index (χ0) is 12.4. The number of nitrogens with one attached hydrogen (secondary N) is 1. The number of furan rings is 1. The van der Waals surface area contributed by atoms with Gasteiger partial charge in [0, 0.05) is 31.5 Å². The third-order valence-electron chi connectivity index (χ3n) is 4.00. The van der Waals surface area contributed by atoms with Crippen molar-refractivity contribution in [1.29, 1.82) is 0 Å². The maximum atomic E-state index is 5.95. The van der Waals surface area contributed by atoms with Crippen LogP contribution >= 0.6 is 0 Å². The molecule has 3 heteroatoms. The van der Waals surface area contributed by atoms with Crippen molar-refractivity contribution in [2.75, 3.05) is 13.2 Å². The molecular formula is C15H23NO2. The van der Waals surface area contributed by atoms with E-state index < -0.39 is 0 Å². The lowest BCUT2D eigenvalue weighted by molar-refractivity contribution is -0.0401. The molecule has 0 aromatic carbocycles. The summed E-state index contributed by atoms with van der Waals surface area (Å²) < 4.78 is 11.8. The maximum absolute atomic E-state index is 5.95. The van der Waals surface area contributed by atoms with E-state index in [1.54, 1.807) is 0 Å². The summed E-state index contributed by atoms with van der Waals surface area (Å²) in [5.74, 6) is 2.65. The standard InChI is InChI=1S/C15H23NO2/c1-2-13-7-8-14(18-13)15-11(4-3-9-17-15)10-16-12-5-6-12/h7-8,11-12,15-16H,2-6,9-10H2,1H3. The van der Waals surface area contributed by atoms with Gasteiger partial charge in [0.2, 0.25) is 0 Å². The summed E-state index contributed by atoms with van der Waals surface area (Å²) in [6.07, 6.45) is 6.22. The molecule has 1 aromatic heterocycles. The van der Waals surface area contributed by atoms with E-state index in [2.05, 4.69) is 24.4 Å². The highest BCUT2D eigenvalue weighted by Gasteiger charge is 2.31. The topological polar surface area (TPSA) is 34.4 Å². The molecule has 2 atom stereocenters.